The smallest absolute Gasteiger partial charge is 0.0881 e. The summed E-state index contributed by atoms with van der Waals surface area (Å²) in [5, 5.41) is 12.5. The van der Waals surface area contributed by atoms with E-state index in [1.165, 1.54) is 18.4 Å². The van der Waals surface area contributed by atoms with Crippen molar-refractivity contribution in [2.75, 3.05) is 6.61 Å². The van der Waals surface area contributed by atoms with Gasteiger partial charge in [0.2, 0.25) is 0 Å². The van der Waals surface area contributed by atoms with Crippen molar-refractivity contribution in [3.63, 3.8) is 0 Å². The first-order chi connectivity index (χ1) is 9.28. The van der Waals surface area contributed by atoms with Crippen molar-refractivity contribution in [3.05, 3.63) is 30.1 Å². The zero-order valence-corrected chi connectivity index (χ0v) is 11.3. The number of aromatic nitrogens is 2. The third kappa shape index (κ3) is 2.80. The van der Waals surface area contributed by atoms with Crippen LogP contribution in [0.5, 0.6) is 0 Å². The average Bonchev–Trinajstić information content (AvgIpc) is 3.15. The first-order valence-electron chi connectivity index (χ1n) is 7.09. The lowest BCUT2D eigenvalue weighted by Gasteiger charge is -2.14. The van der Waals surface area contributed by atoms with Gasteiger partial charge in [0.15, 0.2) is 0 Å². The molecule has 19 heavy (non-hydrogen) atoms. The molecule has 1 unspecified atom stereocenters. The van der Waals surface area contributed by atoms with Gasteiger partial charge < -0.3 is 15.0 Å². The first kappa shape index (κ1) is 12.6. The highest BCUT2D eigenvalue weighted by Crippen LogP contribution is 2.25. The van der Waals surface area contributed by atoms with Crippen LogP contribution in [0.2, 0.25) is 0 Å². The van der Waals surface area contributed by atoms with Crippen LogP contribution in [0.15, 0.2) is 24.5 Å². The maximum absolute atomic E-state index is 8.95. The fourth-order valence-corrected chi connectivity index (χ4v) is 2.45. The molecule has 2 aromatic heterocycles. The quantitative estimate of drug-likeness (QED) is 0.836. The molecular formula is C15H21N3O. The molecule has 4 heteroatoms. The molecule has 2 aromatic rings. The van der Waals surface area contributed by atoms with E-state index in [1.807, 2.05) is 12.3 Å². The van der Waals surface area contributed by atoms with E-state index in [2.05, 4.69) is 34.1 Å². The lowest BCUT2D eigenvalue weighted by atomic mass is 10.1. The molecule has 0 amide bonds. The van der Waals surface area contributed by atoms with Crippen molar-refractivity contribution in [1.82, 2.24) is 14.9 Å². The third-order valence-corrected chi connectivity index (χ3v) is 3.76. The van der Waals surface area contributed by atoms with Gasteiger partial charge in [-0.2, -0.15) is 0 Å². The molecule has 2 heterocycles. The predicted molar refractivity (Wildman–Crippen MR) is 76.0 cm³/mol. The Morgan fingerprint density at radius 2 is 2.37 bits per heavy atom. The number of hydrogen-bond donors (Lipinski definition) is 2. The van der Waals surface area contributed by atoms with E-state index in [0.717, 1.165) is 24.0 Å². The Balaban J connectivity index is 1.84. The second-order valence-electron chi connectivity index (χ2n) is 5.42. The molecule has 1 aliphatic carbocycles. The maximum Gasteiger partial charge on any atom is 0.0881 e. The van der Waals surface area contributed by atoms with Crippen LogP contribution in [0.3, 0.4) is 0 Å². The molecule has 4 nitrogen and oxygen atoms in total. The number of aryl methyl sites for hydroxylation is 1. The Bertz CT molecular complexity index is 560. The number of rotatable bonds is 6. The molecule has 0 aliphatic heterocycles. The Labute approximate surface area is 113 Å². The number of nitrogens with one attached hydrogen (secondary N) is 1. The Kier molecular flexibility index (Phi) is 3.53. The Hall–Kier alpha value is -1.39. The van der Waals surface area contributed by atoms with E-state index in [9.17, 15) is 0 Å². The minimum Gasteiger partial charge on any atom is -0.396 e. The van der Waals surface area contributed by atoms with Crippen molar-refractivity contribution in [3.8, 4) is 0 Å². The van der Waals surface area contributed by atoms with Gasteiger partial charge in [0.05, 0.1) is 11.0 Å². The lowest BCUT2D eigenvalue weighted by molar-refractivity contribution is 0.280. The molecule has 1 saturated carbocycles. The second kappa shape index (κ2) is 5.31. The van der Waals surface area contributed by atoms with Crippen molar-refractivity contribution in [2.24, 2.45) is 0 Å². The van der Waals surface area contributed by atoms with Crippen molar-refractivity contribution >= 4 is 11.0 Å². The minimum atomic E-state index is 0.229. The molecule has 0 spiro atoms. The minimum absolute atomic E-state index is 0.229. The molecule has 1 fully saturated rings. The van der Waals surface area contributed by atoms with Crippen molar-refractivity contribution in [2.45, 2.75) is 44.8 Å². The zero-order valence-electron chi connectivity index (χ0n) is 11.3. The number of aliphatic hydroxyl groups excluding tert-OH is 1. The van der Waals surface area contributed by atoms with Crippen LogP contribution in [0, 0.1) is 0 Å². The highest BCUT2D eigenvalue weighted by atomic mass is 16.3. The monoisotopic (exact) mass is 259 g/mol. The van der Waals surface area contributed by atoms with E-state index in [1.54, 1.807) is 0 Å². The summed E-state index contributed by atoms with van der Waals surface area (Å²) in [6, 6.07) is 5.31. The molecule has 1 aliphatic rings. The lowest BCUT2D eigenvalue weighted by Crippen LogP contribution is -2.20. The maximum atomic E-state index is 8.95. The summed E-state index contributed by atoms with van der Waals surface area (Å²) in [4.78, 5) is 4.54. The topological polar surface area (TPSA) is 50.1 Å². The van der Waals surface area contributed by atoms with Gasteiger partial charge >= 0.3 is 0 Å². The Morgan fingerprint density at radius 3 is 3.11 bits per heavy atom. The van der Waals surface area contributed by atoms with E-state index in [0.29, 0.717) is 12.1 Å². The SMILES string of the molecule is CC(NC1CC1)c1cnc2ccn(CCCO)c2c1. The van der Waals surface area contributed by atoms with Gasteiger partial charge in [-0.05, 0) is 43.9 Å². The number of pyridine rings is 1. The van der Waals surface area contributed by atoms with Crippen LogP contribution in [0.4, 0.5) is 0 Å². The van der Waals surface area contributed by atoms with Crippen LogP contribution >= 0.6 is 0 Å². The molecule has 102 valence electrons. The molecule has 0 bridgehead atoms. The van der Waals surface area contributed by atoms with Crippen LogP contribution in [-0.2, 0) is 6.54 Å². The van der Waals surface area contributed by atoms with E-state index in [4.69, 9.17) is 5.11 Å². The largest absolute Gasteiger partial charge is 0.396 e. The summed E-state index contributed by atoms with van der Waals surface area (Å²) in [6.45, 7) is 3.27. The van der Waals surface area contributed by atoms with Crippen LogP contribution in [0.1, 0.15) is 37.8 Å². The van der Waals surface area contributed by atoms with Crippen LogP contribution < -0.4 is 5.32 Å². The van der Waals surface area contributed by atoms with Gasteiger partial charge in [0, 0.05) is 37.6 Å². The van der Waals surface area contributed by atoms with Gasteiger partial charge in [0.25, 0.3) is 0 Å². The van der Waals surface area contributed by atoms with Gasteiger partial charge in [-0.15, -0.1) is 0 Å². The normalized spacial score (nSPS) is 16.9. The molecule has 0 saturated heterocycles. The molecule has 1 atom stereocenters. The molecule has 2 N–H and O–H groups in total. The number of aliphatic hydroxyl groups is 1. The van der Waals surface area contributed by atoms with Gasteiger partial charge in [-0.3, -0.25) is 4.98 Å². The molecule has 0 aromatic carbocycles. The van der Waals surface area contributed by atoms with E-state index < -0.39 is 0 Å². The zero-order chi connectivity index (χ0) is 13.2. The summed E-state index contributed by atoms with van der Waals surface area (Å²) >= 11 is 0. The first-order valence-corrected chi connectivity index (χ1v) is 7.09. The summed E-state index contributed by atoms with van der Waals surface area (Å²) < 4.78 is 2.17. The van der Waals surface area contributed by atoms with Crippen molar-refractivity contribution < 1.29 is 5.11 Å². The van der Waals surface area contributed by atoms with E-state index >= 15 is 0 Å². The highest BCUT2D eigenvalue weighted by molar-refractivity contribution is 5.76. The van der Waals surface area contributed by atoms with Gasteiger partial charge in [0.1, 0.15) is 0 Å². The Morgan fingerprint density at radius 1 is 1.53 bits per heavy atom. The fraction of sp³-hybridized carbons (Fsp3) is 0.533. The van der Waals surface area contributed by atoms with Crippen molar-refractivity contribution in [1.29, 1.82) is 0 Å². The molecule has 0 radical (unpaired) electrons. The number of nitrogens with zero attached hydrogens (tertiary/aromatic N) is 2. The highest BCUT2D eigenvalue weighted by Gasteiger charge is 2.23. The predicted octanol–water partition coefficient (Wildman–Crippen LogP) is 2.23. The summed E-state index contributed by atoms with van der Waals surface area (Å²) in [7, 11) is 0. The number of hydrogen-bond acceptors (Lipinski definition) is 3. The molecule has 3 rings (SSSR count). The molecular weight excluding hydrogens is 238 g/mol. The summed E-state index contributed by atoms with van der Waals surface area (Å²) in [6.07, 6.45) is 7.40. The average molecular weight is 259 g/mol. The third-order valence-electron chi connectivity index (χ3n) is 3.76. The van der Waals surface area contributed by atoms with Crippen LogP contribution in [-0.4, -0.2) is 27.3 Å². The second-order valence-corrected chi connectivity index (χ2v) is 5.42. The fourth-order valence-electron chi connectivity index (χ4n) is 2.45. The van der Waals surface area contributed by atoms with Gasteiger partial charge in [-0.1, -0.05) is 0 Å². The summed E-state index contributed by atoms with van der Waals surface area (Å²) in [5.74, 6) is 0. The van der Waals surface area contributed by atoms with E-state index in [-0.39, 0.29) is 6.61 Å². The standard InChI is InChI=1S/C15H21N3O/c1-11(17-13-3-4-13)12-9-15-14(16-10-12)5-7-18(15)6-2-8-19/h5,7,9-11,13,17,19H,2-4,6,8H2,1H3. The van der Waals surface area contributed by atoms with Gasteiger partial charge in [-0.25, -0.2) is 0 Å². The van der Waals surface area contributed by atoms with Crippen LogP contribution in [0.25, 0.3) is 11.0 Å². The number of fused-ring (bicyclic) bond motifs is 1. The summed E-state index contributed by atoms with van der Waals surface area (Å²) in [5.41, 5.74) is 3.43.